The molecular formula is C7H12Cl2. The summed E-state index contributed by atoms with van der Waals surface area (Å²) in [5.74, 6) is 0.542. The molecule has 0 unspecified atom stereocenters. The van der Waals surface area contributed by atoms with Crippen LogP contribution in [-0.4, -0.2) is 4.33 Å². The minimum Gasteiger partial charge on any atom is -0.102 e. The van der Waals surface area contributed by atoms with Gasteiger partial charge in [-0.1, -0.05) is 12.8 Å². The molecule has 1 rings (SSSR count). The zero-order valence-electron chi connectivity index (χ0n) is 5.66. The van der Waals surface area contributed by atoms with Crippen LogP contribution in [0.25, 0.3) is 0 Å². The molecule has 0 amide bonds. The molecule has 0 nitrogen and oxygen atoms in total. The molecule has 0 aliphatic heterocycles. The third-order valence-electron chi connectivity index (χ3n) is 2.07. The second kappa shape index (κ2) is 2.67. The first kappa shape index (κ1) is 7.68. The summed E-state index contributed by atoms with van der Waals surface area (Å²) in [7, 11) is 0. The van der Waals surface area contributed by atoms with Crippen molar-refractivity contribution in [2.75, 3.05) is 0 Å². The van der Waals surface area contributed by atoms with E-state index in [9.17, 15) is 0 Å². The normalized spacial score (nSPS) is 23.0. The summed E-state index contributed by atoms with van der Waals surface area (Å²) >= 11 is 11.8. The number of hydrogen-bond acceptors (Lipinski definition) is 0. The number of halogens is 2. The number of rotatable bonds is 1. The van der Waals surface area contributed by atoms with E-state index in [1.54, 1.807) is 0 Å². The predicted molar refractivity (Wildman–Crippen MR) is 42.1 cm³/mol. The molecule has 0 N–H and O–H groups in total. The lowest BCUT2D eigenvalue weighted by Gasteiger charge is -2.20. The van der Waals surface area contributed by atoms with Gasteiger partial charge in [-0.3, -0.25) is 0 Å². The molecule has 0 aromatic rings. The molecule has 9 heavy (non-hydrogen) atoms. The highest BCUT2D eigenvalue weighted by molar-refractivity contribution is 6.48. The van der Waals surface area contributed by atoms with Crippen molar-refractivity contribution in [3.63, 3.8) is 0 Å². The van der Waals surface area contributed by atoms with Gasteiger partial charge in [-0.05, 0) is 25.7 Å². The van der Waals surface area contributed by atoms with Crippen molar-refractivity contribution >= 4 is 23.2 Å². The Morgan fingerprint density at radius 2 is 1.67 bits per heavy atom. The van der Waals surface area contributed by atoms with Gasteiger partial charge in [0.1, 0.15) is 4.33 Å². The highest BCUT2D eigenvalue weighted by Gasteiger charge is 2.31. The summed E-state index contributed by atoms with van der Waals surface area (Å²) in [5.41, 5.74) is 0. The van der Waals surface area contributed by atoms with E-state index >= 15 is 0 Å². The van der Waals surface area contributed by atoms with Crippen LogP contribution in [0.5, 0.6) is 0 Å². The summed E-state index contributed by atoms with van der Waals surface area (Å²) < 4.78 is -0.476. The van der Waals surface area contributed by atoms with Crippen LogP contribution in [0.1, 0.15) is 32.6 Å². The van der Waals surface area contributed by atoms with Gasteiger partial charge in [0.25, 0.3) is 0 Å². The van der Waals surface area contributed by atoms with Crippen molar-refractivity contribution < 1.29 is 0 Å². The molecule has 0 aromatic carbocycles. The Hall–Kier alpha value is 0.580. The highest BCUT2D eigenvalue weighted by atomic mass is 35.5. The van der Waals surface area contributed by atoms with Crippen LogP contribution in [-0.2, 0) is 0 Å². The van der Waals surface area contributed by atoms with Gasteiger partial charge in [0.05, 0.1) is 0 Å². The molecule has 0 radical (unpaired) electrons. The van der Waals surface area contributed by atoms with E-state index in [2.05, 4.69) is 0 Å². The monoisotopic (exact) mass is 166 g/mol. The Morgan fingerprint density at radius 3 is 1.89 bits per heavy atom. The maximum atomic E-state index is 5.90. The molecule has 0 spiro atoms. The lowest BCUT2D eigenvalue weighted by molar-refractivity contribution is 0.501. The SMILES string of the molecule is CC(Cl)(Cl)C1CCCC1. The number of alkyl halides is 2. The topological polar surface area (TPSA) is 0 Å². The molecule has 1 aliphatic carbocycles. The Morgan fingerprint density at radius 1 is 1.22 bits per heavy atom. The molecule has 0 aromatic heterocycles. The largest absolute Gasteiger partial charge is 0.118 e. The van der Waals surface area contributed by atoms with Crippen molar-refractivity contribution in [3.05, 3.63) is 0 Å². The zero-order chi connectivity index (χ0) is 6.91. The number of hydrogen-bond donors (Lipinski definition) is 0. The molecule has 0 saturated heterocycles. The summed E-state index contributed by atoms with van der Waals surface area (Å²) in [6.45, 7) is 1.89. The van der Waals surface area contributed by atoms with Gasteiger partial charge in [-0.25, -0.2) is 0 Å². The molecule has 54 valence electrons. The average molecular weight is 167 g/mol. The minimum absolute atomic E-state index is 0.476. The summed E-state index contributed by atoms with van der Waals surface area (Å²) in [6, 6.07) is 0. The lowest BCUT2D eigenvalue weighted by atomic mass is 10.1. The molecule has 0 atom stereocenters. The maximum Gasteiger partial charge on any atom is 0.118 e. The first-order valence-electron chi connectivity index (χ1n) is 3.48. The molecular weight excluding hydrogens is 155 g/mol. The zero-order valence-corrected chi connectivity index (χ0v) is 7.17. The Bertz CT molecular complexity index is 87.6. The molecule has 1 aliphatic rings. The van der Waals surface area contributed by atoms with Crippen LogP contribution in [0.15, 0.2) is 0 Å². The van der Waals surface area contributed by atoms with Crippen molar-refractivity contribution in [1.29, 1.82) is 0 Å². The van der Waals surface area contributed by atoms with Crippen LogP contribution < -0.4 is 0 Å². The van der Waals surface area contributed by atoms with Gasteiger partial charge >= 0.3 is 0 Å². The van der Waals surface area contributed by atoms with E-state index in [0.717, 1.165) is 0 Å². The van der Waals surface area contributed by atoms with E-state index in [-0.39, 0.29) is 0 Å². The van der Waals surface area contributed by atoms with Gasteiger partial charge < -0.3 is 0 Å². The third-order valence-corrected chi connectivity index (χ3v) is 2.69. The van der Waals surface area contributed by atoms with Gasteiger partial charge in [0.15, 0.2) is 0 Å². The van der Waals surface area contributed by atoms with Crippen LogP contribution in [0.2, 0.25) is 0 Å². The van der Waals surface area contributed by atoms with Gasteiger partial charge in [0.2, 0.25) is 0 Å². The van der Waals surface area contributed by atoms with Crippen LogP contribution >= 0.6 is 23.2 Å². The average Bonchev–Trinajstić information content (AvgIpc) is 2.08. The van der Waals surface area contributed by atoms with Gasteiger partial charge in [-0.15, -0.1) is 23.2 Å². The van der Waals surface area contributed by atoms with Crippen LogP contribution in [0.4, 0.5) is 0 Å². The Labute approximate surface area is 66.5 Å². The third kappa shape index (κ3) is 2.01. The van der Waals surface area contributed by atoms with Gasteiger partial charge in [-0.2, -0.15) is 0 Å². The van der Waals surface area contributed by atoms with Crippen LogP contribution in [0.3, 0.4) is 0 Å². The molecule has 1 saturated carbocycles. The molecule has 0 heterocycles. The molecule has 1 fully saturated rings. The van der Waals surface area contributed by atoms with Gasteiger partial charge in [0, 0.05) is 0 Å². The van der Waals surface area contributed by atoms with E-state index < -0.39 is 4.33 Å². The smallest absolute Gasteiger partial charge is 0.102 e. The fraction of sp³-hybridized carbons (Fsp3) is 1.00. The van der Waals surface area contributed by atoms with E-state index in [1.165, 1.54) is 25.7 Å². The van der Waals surface area contributed by atoms with Crippen molar-refractivity contribution in [2.24, 2.45) is 5.92 Å². The fourth-order valence-corrected chi connectivity index (χ4v) is 1.87. The summed E-state index contributed by atoms with van der Waals surface area (Å²) in [5, 5.41) is 0. The van der Waals surface area contributed by atoms with Crippen molar-refractivity contribution in [2.45, 2.75) is 36.9 Å². The van der Waals surface area contributed by atoms with Crippen molar-refractivity contribution in [3.8, 4) is 0 Å². The van der Waals surface area contributed by atoms with E-state index in [1.807, 2.05) is 6.92 Å². The van der Waals surface area contributed by atoms with E-state index in [4.69, 9.17) is 23.2 Å². The van der Waals surface area contributed by atoms with Crippen molar-refractivity contribution in [1.82, 2.24) is 0 Å². The Kier molecular flexibility index (Phi) is 2.28. The summed E-state index contributed by atoms with van der Waals surface area (Å²) in [4.78, 5) is 0. The minimum atomic E-state index is -0.476. The fourth-order valence-electron chi connectivity index (χ4n) is 1.43. The van der Waals surface area contributed by atoms with Crippen LogP contribution in [0, 0.1) is 5.92 Å². The first-order valence-corrected chi connectivity index (χ1v) is 4.24. The maximum absolute atomic E-state index is 5.90. The van der Waals surface area contributed by atoms with E-state index in [0.29, 0.717) is 5.92 Å². The molecule has 0 bridgehead atoms. The highest BCUT2D eigenvalue weighted by Crippen LogP contribution is 2.40. The standard InChI is InChI=1S/C7H12Cl2/c1-7(8,9)6-4-2-3-5-6/h6H,2-5H2,1H3. The quantitative estimate of drug-likeness (QED) is 0.525. The second-order valence-corrected chi connectivity index (χ2v) is 4.70. The lowest BCUT2D eigenvalue weighted by Crippen LogP contribution is -2.18. The Balaban J connectivity index is 2.42. The predicted octanol–water partition coefficient (Wildman–Crippen LogP) is 3.37. The second-order valence-electron chi connectivity index (χ2n) is 2.94. The first-order chi connectivity index (χ1) is 4.11. The molecule has 2 heteroatoms. The summed E-state index contributed by atoms with van der Waals surface area (Å²) in [6.07, 6.45) is 5.03.